The molecule has 2 aliphatic carbocycles. The van der Waals surface area contributed by atoms with Crippen molar-refractivity contribution >= 4 is 62.2 Å². The third kappa shape index (κ3) is 14.4. The van der Waals surface area contributed by atoms with Crippen LogP contribution in [0.25, 0.3) is 27.4 Å². The predicted octanol–water partition coefficient (Wildman–Crippen LogP) is 17.6. The topological polar surface area (TPSA) is 123 Å². The van der Waals surface area contributed by atoms with E-state index in [1.54, 1.807) is 14.2 Å². The molecular weight excluding hydrogens is 1190 g/mol. The Hall–Kier alpha value is -6.88. The summed E-state index contributed by atoms with van der Waals surface area (Å²) in [4.78, 5) is 47.2. The number of aryl methyl sites for hydroxylation is 2. The number of aromatic nitrogens is 2. The number of nitrogens with zero attached hydrogens (tertiary/aromatic N) is 2. The van der Waals surface area contributed by atoms with Gasteiger partial charge in [0.1, 0.15) is 0 Å². The summed E-state index contributed by atoms with van der Waals surface area (Å²) in [6.07, 6.45) is 4.53. The molecule has 2 saturated carbocycles. The molecule has 3 fully saturated rings. The summed E-state index contributed by atoms with van der Waals surface area (Å²) in [6.45, 7) is 38.2. The van der Waals surface area contributed by atoms with Crippen molar-refractivity contribution in [2.75, 3.05) is 14.2 Å². The van der Waals surface area contributed by atoms with Crippen molar-refractivity contribution in [1.29, 1.82) is 0 Å². The van der Waals surface area contributed by atoms with Gasteiger partial charge in [0.25, 0.3) is 11.8 Å². The number of nitrogens with one attached hydrogen (secondary N) is 2. The summed E-state index contributed by atoms with van der Waals surface area (Å²) in [7, 11) is 2.90. The maximum Gasteiger partial charge on any atom is 0.489 e. The third-order valence-corrected chi connectivity index (χ3v) is 20.2. The van der Waals surface area contributed by atoms with E-state index in [0.29, 0.717) is 11.1 Å². The van der Waals surface area contributed by atoms with Gasteiger partial charge < -0.3 is 29.1 Å². The second kappa shape index (κ2) is 27.5. The lowest BCUT2D eigenvalue weighted by atomic mass is 9.81. The first-order chi connectivity index (χ1) is 42.6. The molecule has 6 aromatic carbocycles. The molecule has 3 aliphatic rings. The van der Waals surface area contributed by atoms with E-state index in [4.69, 9.17) is 28.9 Å². The molecule has 1 saturated heterocycles. The Balaban J connectivity index is 0.000000180. The van der Waals surface area contributed by atoms with Crippen LogP contribution < -0.4 is 10.6 Å². The second-order valence-electron chi connectivity index (χ2n) is 26.4. The molecule has 3 heterocycles. The molecule has 2 N–H and O–H groups in total. The van der Waals surface area contributed by atoms with Crippen LogP contribution in [0.3, 0.4) is 0 Å². The Labute approximate surface area is 542 Å². The number of amides is 2. The fourth-order valence-electron chi connectivity index (χ4n) is 12.5. The van der Waals surface area contributed by atoms with E-state index in [0.717, 1.165) is 92.8 Å². The SMILES string of the molecule is C=C(C)B1OC(C)(C)C(C)(C)O1.C=C(C)c1cccc([C@H](C)NC(=O)c2ccc3c(c2)c(C)c(C)n3Cc2ccc(C3(C(C)OOC)CC3)cc2)c1.COOC(C)C1(c2ccc(Cn3c(C)c(C)c4cc(C(=O)N[C@@H](C)c5cccc(Br)c5)ccc43)cc2)CC1. The van der Waals surface area contributed by atoms with E-state index in [9.17, 15) is 9.59 Å². The van der Waals surface area contributed by atoms with Gasteiger partial charge in [-0.1, -0.05) is 112 Å². The van der Waals surface area contributed by atoms with Gasteiger partial charge in [-0.25, -0.2) is 19.6 Å². The zero-order valence-corrected chi connectivity index (χ0v) is 57.4. The van der Waals surface area contributed by atoms with Crippen LogP contribution in [0.2, 0.25) is 0 Å². The molecule has 0 radical (unpaired) electrons. The molecule has 4 atom stereocenters. The number of carbonyl (C=O) groups excluding carboxylic acids is 2. The minimum absolute atomic E-state index is 0.0255. The zero-order valence-electron chi connectivity index (χ0n) is 55.8. The van der Waals surface area contributed by atoms with Gasteiger partial charge in [-0.05, 0) is 227 Å². The number of hydrogen-bond acceptors (Lipinski definition) is 8. The molecule has 11 rings (SSSR count). The van der Waals surface area contributed by atoms with E-state index in [1.165, 1.54) is 44.8 Å². The summed E-state index contributed by atoms with van der Waals surface area (Å²) in [6, 6.07) is 45.9. The molecule has 12 nitrogen and oxygen atoms in total. The number of allylic oxidation sites excluding steroid dienone is 2. The molecule has 2 unspecified atom stereocenters. The summed E-state index contributed by atoms with van der Waals surface area (Å²) in [5.74, 6) is -0.142. The Morgan fingerprint density at radius 1 is 0.567 bits per heavy atom. The molecule has 2 amide bonds. The fraction of sp³-hybridized carbons (Fsp3) is 0.395. The maximum atomic E-state index is 13.2. The van der Waals surface area contributed by atoms with Crippen LogP contribution in [-0.4, -0.2) is 65.7 Å². The highest BCUT2D eigenvalue weighted by molar-refractivity contribution is 9.10. The number of halogens is 1. The van der Waals surface area contributed by atoms with Crippen molar-refractivity contribution in [3.8, 4) is 0 Å². The molecule has 0 spiro atoms. The smallest absolute Gasteiger partial charge is 0.400 e. The van der Waals surface area contributed by atoms with Crippen molar-refractivity contribution in [2.45, 2.75) is 182 Å². The molecule has 474 valence electrons. The predicted molar refractivity (Wildman–Crippen MR) is 369 cm³/mol. The summed E-state index contributed by atoms with van der Waals surface area (Å²) in [5.41, 5.74) is 18.3. The molecule has 2 aromatic heterocycles. The van der Waals surface area contributed by atoms with E-state index in [2.05, 4.69) is 157 Å². The minimum Gasteiger partial charge on any atom is -0.400 e. The first kappa shape index (κ1) is 67.5. The quantitative estimate of drug-likeness (QED) is 0.0439. The van der Waals surface area contributed by atoms with Crippen molar-refractivity contribution in [1.82, 2.24) is 19.8 Å². The number of rotatable bonds is 20. The zero-order chi connectivity index (χ0) is 65.2. The second-order valence-corrected chi connectivity index (χ2v) is 27.3. The minimum atomic E-state index is -0.241. The van der Waals surface area contributed by atoms with Crippen LogP contribution in [-0.2, 0) is 52.8 Å². The van der Waals surface area contributed by atoms with Crippen molar-refractivity contribution in [3.05, 3.63) is 229 Å². The van der Waals surface area contributed by atoms with Crippen molar-refractivity contribution < 1.29 is 38.4 Å². The molecule has 8 aromatic rings. The molecule has 0 bridgehead atoms. The average Bonchev–Trinajstić information content (AvgIpc) is 1.66. The van der Waals surface area contributed by atoms with Gasteiger partial charge >= 0.3 is 7.12 Å². The van der Waals surface area contributed by atoms with Gasteiger partial charge in [-0.15, -0.1) is 6.58 Å². The number of benzene rings is 6. The number of fused-ring (bicyclic) bond motifs is 2. The van der Waals surface area contributed by atoms with E-state index in [1.807, 2.05) is 122 Å². The Morgan fingerprint density at radius 2 is 0.967 bits per heavy atom. The number of carbonyl (C=O) groups is 2. The summed E-state index contributed by atoms with van der Waals surface area (Å²) < 4.78 is 17.1. The maximum absolute atomic E-state index is 13.2. The van der Waals surface area contributed by atoms with Gasteiger partial charge in [0, 0.05) is 72.7 Å². The summed E-state index contributed by atoms with van der Waals surface area (Å²) >= 11 is 3.51. The fourth-order valence-corrected chi connectivity index (χ4v) is 12.9. The van der Waals surface area contributed by atoms with Crippen LogP contribution in [0.1, 0.15) is 189 Å². The van der Waals surface area contributed by atoms with Crippen LogP contribution >= 0.6 is 15.9 Å². The van der Waals surface area contributed by atoms with Gasteiger partial charge in [0.15, 0.2) is 0 Å². The lowest BCUT2D eigenvalue weighted by Crippen LogP contribution is -2.41. The standard InChI is InChI=1S/C35H40N2O3.C32H35BrN2O3.C9H17BO2/c1-22(2)28-9-8-10-29(19-28)24(4)36-34(38)30-13-16-33-32(20-30)23(3)25(5)37(33)21-27-11-14-31(15-12-27)35(17-18-35)26(6)40-39-7;1-20-22(3)35(19-24-9-12-27(13-10-24)32(15-16-32)23(4)38-37-5)30-14-11-26(18-29(20)30)31(36)34-21(2)25-7-6-8-28(33)17-25;1-7(2)10-11-8(3,4)9(5,6)12-10/h8-16,19-20,24,26H,1,17-18,21H2,2-7H3,(H,36,38);6-14,17-18,21,23H,15-16,19H2,1-5H3,(H,34,36);1H2,2-6H3/t24-,26?;21-,23?;/m00./s1. The van der Waals surface area contributed by atoms with Gasteiger partial charge in [0.05, 0.1) is 49.7 Å². The largest absolute Gasteiger partial charge is 0.489 e. The highest BCUT2D eigenvalue weighted by Crippen LogP contribution is 2.53. The van der Waals surface area contributed by atoms with Gasteiger partial charge in [-0.3, -0.25) is 9.59 Å². The van der Waals surface area contributed by atoms with Crippen molar-refractivity contribution in [2.24, 2.45) is 0 Å². The highest BCUT2D eigenvalue weighted by Gasteiger charge is 2.52. The summed E-state index contributed by atoms with van der Waals surface area (Å²) in [5, 5.41) is 8.54. The third-order valence-electron chi connectivity index (χ3n) is 19.7. The van der Waals surface area contributed by atoms with E-state index >= 15 is 0 Å². The highest BCUT2D eigenvalue weighted by atomic mass is 79.9. The first-order valence-corrected chi connectivity index (χ1v) is 32.3. The molecule has 90 heavy (non-hydrogen) atoms. The first-order valence-electron chi connectivity index (χ1n) is 31.5. The Morgan fingerprint density at radius 3 is 1.32 bits per heavy atom. The lowest BCUT2D eigenvalue weighted by molar-refractivity contribution is -0.307. The average molecular weight is 1280 g/mol. The Kier molecular flexibility index (Phi) is 20.6. The van der Waals surface area contributed by atoms with Crippen LogP contribution in [0.4, 0.5) is 0 Å². The molecule has 14 heteroatoms. The monoisotopic (exact) mass is 1280 g/mol. The normalized spacial score (nSPS) is 17.1. The molecule has 1 aliphatic heterocycles. The van der Waals surface area contributed by atoms with Crippen LogP contribution in [0, 0.1) is 27.7 Å². The van der Waals surface area contributed by atoms with Crippen molar-refractivity contribution in [3.63, 3.8) is 0 Å². The van der Waals surface area contributed by atoms with Crippen LogP contribution in [0.15, 0.2) is 157 Å². The van der Waals surface area contributed by atoms with E-state index < -0.39 is 0 Å². The van der Waals surface area contributed by atoms with Crippen LogP contribution in [0.5, 0.6) is 0 Å². The number of hydrogen-bond donors (Lipinski definition) is 2. The van der Waals surface area contributed by atoms with Gasteiger partial charge in [-0.2, -0.15) is 0 Å². The molecular formula is C76H92BBrN4O8. The lowest BCUT2D eigenvalue weighted by Gasteiger charge is -2.32. The Bertz CT molecular complexity index is 3910. The van der Waals surface area contributed by atoms with Gasteiger partial charge in [0.2, 0.25) is 0 Å². The van der Waals surface area contributed by atoms with E-state index in [-0.39, 0.29) is 65.3 Å².